The fourth-order valence-corrected chi connectivity index (χ4v) is 2.14. The van der Waals surface area contributed by atoms with Crippen LogP contribution in [0.5, 0.6) is 0 Å². The molecule has 18 heavy (non-hydrogen) atoms. The monoisotopic (exact) mass is 287 g/mol. The molecule has 0 spiro atoms. The van der Waals surface area contributed by atoms with Crippen molar-refractivity contribution in [3.8, 4) is 0 Å². The van der Waals surface area contributed by atoms with Gasteiger partial charge in [-0.15, -0.1) is 0 Å². The molecule has 96 valence electrons. The molecule has 0 atom stereocenters. The Morgan fingerprint density at radius 2 is 2.17 bits per heavy atom. The van der Waals surface area contributed by atoms with Crippen molar-refractivity contribution in [1.82, 2.24) is 4.90 Å². The fourth-order valence-electron chi connectivity index (χ4n) is 1.82. The van der Waals surface area contributed by atoms with Gasteiger partial charge in [0.2, 0.25) is 0 Å². The highest BCUT2D eigenvalue weighted by molar-refractivity contribution is 6.42. The lowest BCUT2D eigenvalue weighted by Gasteiger charge is -2.18. The molecule has 0 N–H and O–H groups in total. The Hall–Kier alpha value is -1.33. The second kappa shape index (κ2) is 5.54. The molecule has 0 saturated carbocycles. The number of amidine groups is 1. The number of nitro groups is 1. The van der Waals surface area contributed by atoms with Gasteiger partial charge in [-0.2, -0.15) is 0 Å². The van der Waals surface area contributed by atoms with Crippen molar-refractivity contribution in [2.24, 2.45) is 4.99 Å². The summed E-state index contributed by atoms with van der Waals surface area (Å²) in [5, 5.41) is 11.5. The predicted molar refractivity (Wildman–Crippen MR) is 71.0 cm³/mol. The Kier molecular flexibility index (Phi) is 4.04. The average molecular weight is 288 g/mol. The van der Waals surface area contributed by atoms with Gasteiger partial charge in [-0.3, -0.25) is 15.1 Å². The standard InChI is InChI=1S/C11H11Cl2N3O2/c12-9-2-1-8(5-10(9)13)6-15-4-3-14-11(15)7-16(17)18/h1-2,5H,3-4,6-7H2. The van der Waals surface area contributed by atoms with Crippen molar-refractivity contribution in [2.45, 2.75) is 6.54 Å². The van der Waals surface area contributed by atoms with Crippen LogP contribution in [-0.4, -0.2) is 35.3 Å². The molecule has 0 fully saturated rings. The first kappa shape index (κ1) is 13.1. The van der Waals surface area contributed by atoms with Gasteiger partial charge in [0.1, 0.15) is 0 Å². The van der Waals surface area contributed by atoms with E-state index in [0.29, 0.717) is 35.5 Å². The summed E-state index contributed by atoms with van der Waals surface area (Å²) in [6.45, 7) is 1.62. The van der Waals surface area contributed by atoms with Crippen LogP contribution in [0.1, 0.15) is 5.56 Å². The molecule has 7 heteroatoms. The van der Waals surface area contributed by atoms with Crippen LogP contribution >= 0.6 is 23.2 Å². The van der Waals surface area contributed by atoms with Crippen LogP contribution in [0.2, 0.25) is 10.0 Å². The maximum absolute atomic E-state index is 10.5. The second-order valence-electron chi connectivity index (χ2n) is 3.96. The van der Waals surface area contributed by atoms with Crippen LogP contribution in [0.3, 0.4) is 0 Å². The Balaban J connectivity index is 2.07. The molecular formula is C11H11Cl2N3O2. The largest absolute Gasteiger partial charge is 0.349 e. The number of aliphatic imine (C=N–C) groups is 1. The van der Waals surface area contributed by atoms with Gasteiger partial charge in [0.05, 0.1) is 16.6 Å². The second-order valence-corrected chi connectivity index (χ2v) is 4.77. The smallest absolute Gasteiger partial charge is 0.260 e. The van der Waals surface area contributed by atoms with E-state index >= 15 is 0 Å². The number of halogens is 2. The molecular weight excluding hydrogens is 277 g/mol. The molecule has 0 amide bonds. The van der Waals surface area contributed by atoms with E-state index in [2.05, 4.69) is 4.99 Å². The quantitative estimate of drug-likeness (QED) is 0.631. The van der Waals surface area contributed by atoms with E-state index < -0.39 is 0 Å². The van der Waals surface area contributed by atoms with E-state index in [4.69, 9.17) is 23.2 Å². The minimum atomic E-state index is -0.369. The summed E-state index contributed by atoms with van der Waals surface area (Å²) in [6, 6.07) is 5.35. The molecule has 0 saturated heterocycles. The summed E-state index contributed by atoms with van der Waals surface area (Å²) in [6.07, 6.45) is 0. The normalized spacial score (nSPS) is 14.8. The van der Waals surface area contributed by atoms with Crippen molar-refractivity contribution < 1.29 is 4.92 Å². The summed E-state index contributed by atoms with van der Waals surface area (Å²) in [7, 11) is 0. The number of rotatable bonds is 4. The highest BCUT2D eigenvalue weighted by atomic mass is 35.5. The molecule has 5 nitrogen and oxygen atoms in total. The Morgan fingerprint density at radius 1 is 1.39 bits per heavy atom. The molecule has 1 aromatic carbocycles. The SMILES string of the molecule is O=[N+]([O-])CC1=NCCN1Cc1ccc(Cl)c(Cl)c1. The number of hydrogen-bond acceptors (Lipinski definition) is 4. The number of hydrogen-bond donors (Lipinski definition) is 0. The van der Waals surface area contributed by atoms with Crippen molar-refractivity contribution >= 4 is 29.0 Å². The fraction of sp³-hybridized carbons (Fsp3) is 0.364. The van der Waals surface area contributed by atoms with Gasteiger partial charge in [-0.25, -0.2) is 0 Å². The lowest BCUT2D eigenvalue weighted by atomic mass is 10.2. The van der Waals surface area contributed by atoms with Crippen molar-refractivity contribution in [3.05, 3.63) is 43.9 Å². The first-order valence-electron chi connectivity index (χ1n) is 5.40. The van der Waals surface area contributed by atoms with Gasteiger partial charge >= 0.3 is 0 Å². The first-order chi connectivity index (χ1) is 8.56. The molecule has 0 bridgehead atoms. The molecule has 0 unspecified atom stereocenters. The van der Waals surface area contributed by atoms with Gasteiger partial charge in [-0.1, -0.05) is 29.3 Å². The minimum Gasteiger partial charge on any atom is -0.349 e. The van der Waals surface area contributed by atoms with Crippen molar-refractivity contribution in [2.75, 3.05) is 19.6 Å². The Morgan fingerprint density at radius 3 is 2.83 bits per heavy atom. The first-order valence-corrected chi connectivity index (χ1v) is 6.16. The van der Waals surface area contributed by atoms with Gasteiger partial charge in [0.15, 0.2) is 5.84 Å². The third-order valence-electron chi connectivity index (χ3n) is 2.66. The molecule has 2 rings (SSSR count). The zero-order valence-electron chi connectivity index (χ0n) is 9.47. The predicted octanol–water partition coefficient (Wildman–Crippen LogP) is 2.48. The van der Waals surface area contributed by atoms with Crippen molar-refractivity contribution in [1.29, 1.82) is 0 Å². The van der Waals surface area contributed by atoms with Crippen molar-refractivity contribution in [3.63, 3.8) is 0 Å². The van der Waals surface area contributed by atoms with E-state index in [1.54, 1.807) is 12.1 Å². The third-order valence-corrected chi connectivity index (χ3v) is 3.40. The third kappa shape index (κ3) is 3.11. The van der Waals surface area contributed by atoms with Gasteiger partial charge in [0.25, 0.3) is 6.54 Å². The zero-order chi connectivity index (χ0) is 13.1. The summed E-state index contributed by atoms with van der Waals surface area (Å²) in [5.74, 6) is 0.520. The molecule has 1 heterocycles. The summed E-state index contributed by atoms with van der Waals surface area (Å²) >= 11 is 11.8. The number of nitrogens with zero attached hydrogens (tertiary/aromatic N) is 3. The lowest BCUT2D eigenvalue weighted by molar-refractivity contribution is -0.464. The molecule has 0 aliphatic carbocycles. The lowest BCUT2D eigenvalue weighted by Crippen LogP contribution is -2.32. The highest BCUT2D eigenvalue weighted by Crippen LogP contribution is 2.23. The van der Waals surface area contributed by atoms with E-state index in [1.807, 2.05) is 11.0 Å². The zero-order valence-corrected chi connectivity index (χ0v) is 11.0. The summed E-state index contributed by atoms with van der Waals surface area (Å²) < 4.78 is 0. The highest BCUT2D eigenvalue weighted by Gasteiger charge is 2.21. The van der Waals surface area contributed by atoms with E-state index in [-0.39, 0.29) is 11.5 Å². The van der Waals surface area contributed by atoms with Gasteiger partial charge in [0, 0.05) is 18.0 Å². The molecule has 1 aliphatic rings. The van der Waals surface area contributed by atoms with Crippen LogP contribution in [-0.2, 0) is 6.54 Å². The summed E-state index contributed by atoms with van der Waals surface area (Å²) in [4.78, 5) is 16.2. The van der Waals surface area contributed by atoms with Gasteiger partial charge < -0.3 is 4.90 Å². The van der Waals surface area contributed by atoms with E-state index in [0.717, 1.165) is 5.56 Å². The average Bonchev–Trinajstić information content (AvgIpc) is 2.70. The minimum absolute atomic E-state index is 0.235. The van der Waals surface area contributed by atoms with E-state index in [1.165, 1.54) is 0 Å². The Labute approximate surface area is 114 Å². The van der Waals surface area contributed by atoms with Crippen LogP contribution in [0.25, 0.3) is 0 Å². The van der Waals surface area contributed by atoms with Crippen LogP contribution in [0.15, 0.2) is 23.2 Å². The maximum Gasteiger partial charge on any atom is 0.260 e. The topological polar surface area (TPSA) is 58.7 Å². The van der Waals surface area contributed by atoms with E-state index in [9.17, 15) is 10.1 Å². The molecule has 1 aliphatic heterocycles. The van der Waals surface area contributed by atoms with Crippen LogP contribution in [0, 0.1) is 10.1 Å². The van der Waals surface area contributed by atoms with Crippen LogP contribution < -0.4 is 0 Å². The Bertz CT molecular complexity index is 505. The van der Waals surface area contributed by atoms with Gasteiger partial charge in [-0.05, 0) is 17.7 Å². The molecule has 0 radical (unpaired) electrons. The maximum atomic E-state index is 10.5. The number of benzene rings is 1. The molecule has 0 aromatic heterocycles. The van der Waals surface area contributed by atoms with Crippen LogP contribution in [0.4, 0.5) is 0 Å². The summed E-state index contributed by atoms with van der Waals surface area (Å²) in [5.41, 5.74) is 0.961. The molecule has 1 aromatic rings.